The number of fused-ring (bicyclic) bond motifs is 1. The van der Waals surface area contributed by atoms with Gasteiger partial charge in [0.15, 0.2) is 23.0 Å². The number of ether oxygens (including phenoxy) is 6. The summed E-state index contributed by atoms with van der Waals surface area (Å²) in [5, 5.41) is 0. The van der Waals surface area contributed by atoms with E-state index >= 15 is 0 Å². The molecule has 7 heteroatoms. The van der Waals surface area contributed by atoms with Gasteiger partial charge in [0.05, 0.1) is 35.5 Å². The predicted molar refractivity (Wildman–Crippen MR) is 109 cm³/mol. The molecule has 0 atom stereocenters. The molecule has 0 unspecified atom stereocenters. The monoisotopic (exact) mass is 578 g/mol. The molecule has 3 rings (SSSR count). The Morgan fingerprint density at radius 2 is 1.45 bits per heavy atom. The van der Waals surface area contributed by atoms with Gasteiger partial charge in [-0.2, -0.15) is 12.0 Å². The second-order valence-corrected chi connectivity index (χ2v) is 5.72. The van der Waals surface area contributed by atoms with Crippen molar-refractivity contribution in [3.8, 4) is 34.5 Å². The summed E-state index contributed by atoms with van der Waals surface area (Å²) < 4.78 is 33.3. The molecule has 29 heavy (non-hydrogen) atoms. The van der Waals surface area contributed by atoms with Gasteiger partial charge >= 0.3 is 19.8 Å². The van der Waals surface area contributed by atoms with E-state index in [1.165, 1.54) is 0 Å². The van der Waals surface area contributed by atoms with E-state index in [0.29, 0.717) is 41.1 Å². The fraction of sp³-hybridized carbons (Fsp3) is 0.273. The number of hydrogen-bond donors (Lipinski definition) is 0. The van der Waals surface area contributed by atoms with Crippen LogP contribution in [-0.2, 0) is 19.8 Å². The van der Waals surface area contributed by atoms with Gasteiger partial charge in [-0.3, -0.25) is 0 Å². The van der Waals surface area contributed by atoms with Crippen molar-refractivity contribution >= 4 is 5.57 Å². The smallest absolute Gasteiger partial charge is 0.504 e. The first-order chi connectivity index (χ1) is 13.2. The molecule has 0 saturated carbocycles. The average Bonchev–Trinajstić information content (AvgIpc) is 2.93. The van der Waals surface area contributed by atoms with E-state index in [0.717, 1.165) is 16.7 Å². The normalized spacial score (nSPS) is 11.7. The van der Waals surface area contributed by atoms with Gasteiger partial charge in [0, 0.05) is 6.61 Å². The number of rotatable bonds is 6. The molecule has 0 radical (unpaired) electrons. The first kappa shape index (κ1) is 24.5. The largest absolute Gasteiger partial charge is 2.00 e. The Bertz CT molecular complexity index is 863. The Labute approximate surface area is 185 Å². The van der Waals surface area contributed by atoms with Crippen LogP contribution in [0.25, 0.3) is 5.57 Å². The van der Waals surface area contributed by atoms with E-state index < -0.39 is 0 Å². The molecule has 0 spiro atoms. The summed E-state index contributed by atoms with van der Waals surface area (Å²) in [5.41, 5.74) is 2.73. The predicted octanol–water partition coefficient (Wildman–Crippen LogP) is 4.21. The Balaban J connectivity index is 0.00000210. The van der Waals surface area contributed by atoms with Crippen LogP contribution in [0.4, 0.5) is 0 Å². The third kappa shape index (κ3) is 4.57. The minimum Gasteiger partial charge on any atom is -0.504 e. The van der Waals surface area contributed by atoms with Gasteiger partial charge < -0.3 is 35.8 Å². The van der Waals surface area contributed by atoms with Crippen molar-refractivity contribution in [2.24, 2.45) is 0 Å². The van der Waals surface area contributed by atoms with Crippen LogP contribution < -0.4 is 28.4 Å². The number of benzene rings is 2. The third-order valence-electron chi connectivity index (χ3n) is 4.38. The molecule has 0 saturated heterocycles. The van der Waals surface area contributed by atoms with Crippen LogP contribution in [0, 0.1) is 13.8 Å². The molecule has 0 aliphatic carbocycles. The quantitative estimate of drug-likeness (QED) is 0.481. The number of methoxy groups -OCH3 is 5. The molecule has 0 N–H and O–H groups in total. The minimum atomic E-state index is 0. The molecule has 6 nitrogen and oxygen atoms in total. The Kier molecular flexibility index (Phi) is 9.20. The first-order valence-corrected chi connectivity index (χ1v) is 8.40. The summed E-state index contributed by atoms with van der Waals surface area (Å²) >= 11 is 0. The molecule has 2 aromatic rings. The van der Waals surface area contributed by atoms with E-state index in [2.05, 4.69) is 0 Å². The van der Waals surface area contributed by atoms with Crippen LogP contribution in [-0.4, -0.2) is 42.2 Å². The standard InChI is InChI=1S/C21H23O6.CH3.Os/c1-22-16-9-8-13(11-17(16)23-2)14-7-6-10-27-19-15(14)12-18(24-3)20(25-4)21(19)26-5;;/h6-9,11-12H,10H2,1-5H3;1H3;/q2*-1;+2. The maximum atomic E-state index is 5.94. The van der Waals surface area contributed by atoms with E-state index in [9.17, 15) is 0 Å². The molecule has 0 bridgehead atoms. The molecule has 158 valence electrons. The van der Waals surface area contributed by atoms with Gasteiger partial charge in [-0.25, -0.2) is 6.08 Å². The fourth-order valence-electron chi connectivity index (χ4n) is 3.12. The van der Waals surface area contributed by atoms with E-state index in [1.807, 2.05) is 36.8 Å². The minimum absolute atomic E-state index is 0. The first-order valence-electron chi connectivity index (χ1n) is 8.40. The molecule has 0 amide bonds. The summed E-state index contributed by atoms with van der Waals surface area (Å²) in [6.45, 7) is 0.412. The summed E-state index contributed by atoms with van der Waals surface area (Å²) in [6, 6.07) is 7.66. The maximum absolute atomic E-state index is 5.94. The van der Waals surface area contributed by atoms with E-state index in [1.54, 1.807) is 35.5 Å². The Morgan fingerprint density at radius 1 is 0.793 bits per heavy atom. The van der Waals surface area contributed by atoms with Crippen molar-refractivity contribution in [3.05, 3.63) is 55.3 Å². The van der Waals surface area contributed by atoms with Crippen molar-refractivity contribution in [2.45, 2.75) is 0 Å². The van der Waals surface area contributed by atoms with Crippen molar-refractivity contribution in [1.29, 1.82) is 0 Å². The van der Waals surface area contributed by atoms with Crippen molar-refractivity contribution < 1.29 is 48.2 Å². The van der Waals surface area contributed by atoms with Gasteiger partial charge in [0.25, 0.3) is 0 Å². The summed E-state index contributed by atoms with van der Waals surface area (Å²) in [7, 11) is 7.97. The molecule has 0 aromatic heterocycles. The van der Waals surface area contributed by atoms with Gasteiger partial charge in [-0.1, -0.05) is 11.6 Å². The zero-order valence-corrected chi connectivity index (χ0v) is 20.0. The van der Waals surface area contributed by atoms with E-state index in [-0.39, 0.29) is 27.2 Å². The van der Waals surface area contributed by atoms with Crippen molar-refractivity contribution in [3.63, 3.8) is 0 Å². The second kappa shape index (κ2) is 10.9. The van der Waals surface area contributed by atoms with Crippen LogP contribution in [0.5, 0.6) is 34.5 Å². The molecule has 0 fully saturated rings. The molecule has 1 heterocycles. The van der Waals surface area contributed by atoms with Gasteiger partial charge in [-0.15, -0.1) is 0 Å². The summed E-state index contributed by atoms with van der Waals surface area (Å²) in [6.07, 6.45) is 3.96. The topological polar surface area (TPSA) is 55.4 Å². The summed E-state index contributed by atoms with van der Waals surface area (Å²) in [4.78, 5) is 0. The van der Waals surface area contributed by atoms with Crippen LogP contribution in [0.3, 0.4) is 0 Å². The Morgan fingerprint density at radius 3 is 2.03 bits per heavy atom. The maximum Gasteiger partial charge on any atom is 2.00 e. The van der Waals surface area contributed by atoms with Gasteiger partial charge in [-0.05, 0) is 23.8 Å². The average molecular weight is 577 g/mol. The van der Waals surface area contributed by atoms with Crippen molar-refractivity contribution in [1.82, 2.24) is 0 Å². The van der Waals surface area contributed by atoms with Crippen LogP contribution in [0.1, 0.15) is 11.1 Å². The van der Waals surface area contributed by atoms with Crippen LogP contribution in [0.15, 0.2) is 30.3 Å². The van der Waals surface area contributed by atoms with Crippen molar-refractivity contribution in [2.75, 3.05) is 42.2 Å². The summed E-state index contributed by atoms with van der Waals surface area (Å²) in [5.74, 6) is 3.46. The molecular weight excluding hydrogens is 550 g/mol. The fourth-order valence-corrected chi connectivity index (χ4v) is 3.12. The zero-order valence-electron chi connectivity index (χ0n) is 17.5. The zero-order chi connectivity index (χ0) is 19.4. The number of hydrogen-bond acceptors (Lipinski definition) is 6. The molecule has 1 aliphatic heterocycles. The van der Waals surface area contributed by atoms with Crippen LogP contribution >= 0.6 is 0 Å². The second-order valence-electron chi connectivity index (χ2n) is 5.72. The van der Waals surface area contributed by atoms with Gasteiger partial charge in [0.1, 0.15) is 0 Å². The van der Waals surface area contributed by atoms with Gasteiger partial charge in [0.2, 0.25) is 11.5 Å². The van der Waals surface area contributed by atoms with Crippen LogP contribution in [0.2, 0.25) is 0 Å². The molecule has 2 aromatic carbocycles. The third-order valence-corrected chi connectivity index (χ3v) is 4.38. The van der Waals surface area contributed by atoms with E-state index in [4.69, 9.17) is 28.4 Å². The molecule has 1 aliphatic rings. The molecular formula is C22H26O6Os. The Hall–Kier alpha value is -2.51. The SMILES string of the molecule is COc1ccc(C2=C[CH-]COc3c2cc(OC)c(OC)c3OC)cc1OC.[CH3-].[Os+2].